The van der Waals surface area contributed by atoms with Crippen LogP contribution in [0.15, 0.2) is 24.3 Å². The van der Waals surface area contributed by atoms with E-state index >= 15 is 0 Å². The van der Waals surface area contributed by atoms with E-state index < -0.39 is 5.60 Å². The summed E-state index contributed by atoms with van der Waals surface area (Å²) in [6, 6.07) is 8.26. The summed E-state index contributed by atoms with van der Waals surface area (Å²) in [6.45, 7) is 19.2. The molecule has 1 heterocycles. The second kappa shape index (κ2) is 7.23. The molecule has 5 heteroatoms. The maximum Gasteiger partial charge on any atom is 0.410 e. The third kappa shape index (κ3) is 4.48. The zero-order chi connectivity index (χ0) is 17.9. The molecule has 1 amide bonds. The topological polar surface area (TPSA) is 37.1 Å². The predicted octanol–water partition coefficient (Wildman–Crippen LogP) is 4.24. The number of carbonyl (C=O) groups excluding carboxylic acids is 1. The molecule has 0 saturated carbocycles. The lowest BCUT2D eigenvalue weighted by Crippen LogP contribution is -2.54. The van der Waals surface area contributed by atoms with Gasteiger partial charge in [0, 0.05) is 31.7 Å². The van der Waals surface area contributed by atoms with Crippen LogP contribution in [0.3, 0.4) is 0 Å². The highest BCUT2D eigenvalue weighted by molar-refractivity contribution is 5.68. The molecule has 1 aliphatic rings. The molecule has 24 heavy (non-hydrogen) atoms. The first-order valence-electron chi connectivity index (χ1n) is 8.42. The molecule has 1 fully saturated rings. The highest BCUT2D eigenvalue weighted by atomic mass is 16.6. The molecule has 0 spiro atoms. The molecule has 0 aliphatic carbocycles. The van der Waals surface area contributed by atoms with Crippen molar-refractivity contribution < 1.29 is 9.53 Å². The van der Waals surface area contributed by atoms with Gasteiger partial charge in [-0.3, -0.25) is 4.90 Å². The molecule has 0 N–H and O–H groups in total. The number of hydrogen-bond acceptors (Lipinski definition) is 3. The number of hydrogen-bond donors (Lipinski definition) is 0. The Hall–Kier alpha value is -2.06. The quantitative estimate of drug-likeness (QED) is 0.762. The Labute approximate surface area is 145 Å². The molecule has 2 rings (SSSR count). The summed E-state index contributed by atoms with van der Waals surface area (Å²) < 4.78 is 5.47. The molecule has 2 atom stereocenters. The first-order valence-corrected chi connectivity index (χ1v) is 8.42. The van der Waals surface area contributed by atoms with Crippen LogP contribution < -0.4 is 0 Å². The van der Waals surface area contributed by atoms with E-state index in [-0.39, 0.29) is 18.2 Å². The van der Waals surface area contributed by atoms with Gasteiger partial charge in [-0.25, -0.2) is 9.64 Å². The molecule has 0 aromatic heterocycles. The first kappa shape index (κ1) is 18.3. The van der Waals surface area contributed by atoms with Crippen LogP contribution in [0.1, 0.15) is 46.2 Å². The molecule has 2 unspecified atom stereocenters. The second-order valence-corrected chi connectivity index (χ2v) is 7.39. The summed E-state index contributed by atoms with van der Waals surface area (Å²) in [5.41, 5.74) is 1.39. The van der Waals surface area contributed by atoms with Gasteiger partial charge in [0.1, 0.15) is 5.60 Å². The van der Waals surface area contributed by atoms with E-state index in [1.165, 1.54) is 5.56 Å². The predicted molar refractivity (Wildman–Crippen MR) is 95.1 cm³/mol. The summed E-state index contributed by atoms with van der Waals surface area (Å²) in [4.78, 5) is 19.9. The summed E-state index contributed by atoms with van der Waals surface area (Å²) in [6.07, 6.45) is -0.233. The van der Waals surface area contributed by atoms with Gasteiger partial charge in [-0.1, -0.05) is 24.3 Å². The summed E-state index contributed by atoms with van der Waals surface area (Å²) >= 11 is 0. The fraction of sp³-hybridized carbons (Fsp3) is 0.579. The molecule has 1 aromatic carbocycles. The van der Waals surface area contributed by atoms with E-state index in [9.17, 15) is 4.79 Å². The van der Waals surface area contributed by atoms with Crippen molar-refractivity contribution in [3.63, 3.8) is 0 Å². The Morgan fingerprint density at radius 3 is 2.42 bits per heavy atom. The number of ether oxygens (including phenoxy) is 1. The molecule has 5 nitrogen and oxygen atoms in total. The number of piperazine rings is 1. The number of amides is 1. The molecule has 1 aromatic rings. The number of rotatable bonds is 2. The minimum Gasteiger partial charge on any atom is -0.444 e. The Kier molecular flexibility index (Phi) is 5.51. The van der Waals surface area contributed by atoms with Crippen molar-refractivity contribution in [3.05, 3.63) is 41.2 Å². The lowest BCUT2D eigenvalue weighted by molar-refractivity contribution is -0.000711. The standard InChI is InChI=1S/C19H27N3O2/c1-14-13-21(18(23)24-19(3,4)5)11-12-22(14)15(2)16-7-9-17(20-6)10-8-16/h7-10,14-15H,11-13H2,1-5H3. The maximum absolute atomic E-state index is 12.2. The highest BCUT2D eigenvalue weighted by Gasteiger charge is 2.32. The zero-order valence-electron chi connectivity index (χ0n) is 15.2. The normalized spacial score (nSPS) is 20.3. The van der Waals surface area contributed by atoms with Gasteiger partial charge >= 0.3 is 6.09 Å². The van der Waals surface area contributed by atoms with Crippen molar-refractivity contribution in [2.24, 2.45) is 0 Å². The molecule has 0 radical (unpaired) electrons. The molecule has 0 bridgehead atoms. The third-order valence-corrected chi connectivity index (χ3v) is 4.33. The Morgan fingerprint density at radius 1 is 1.29 bits per heavy atom. The number of carbonyl (C=O) groups is 1. The van der Waals surface area contributed by atoms with Crippen LogP contribution in [0.2, 0.25) is 0 Å². The van der Waals surface area contributed by atoms with Crippen molar-refractivity contribution in [1.29, 1.82) is 0 Å². The SMILES string of the molecule is [C-]#[N+]c1ccc(C(C)N2CCN(C(=O)OC(C)(C)C)CC2C)cc1. The summed E-state index contributed by atoms with van der Waals surface area (Å²) in [5, 5.41) is 0. The van der Waals surface area contributed by atoms with Crippen LogP contribution in [0.4, 0.5) is 10.5 Å². The van der Waals surface area contributed by atoms with Crippen molar-refractivity contribution in [3.8, 4) is 0 Å². The number of benzene rings is 1. The minimum absolute atomic E-state index is 0.233. The molecular formula is C19H27N3O2. The monoisotopic (exact) mass is 329 g/mol. The van der Waals surface area contributed by atoms with E-state index in [4.69, 9.17) is 11.3 Å². The fourth-order valence-electron chi connectivity index (χ4n) is 3.06. The Balaban J connectivity index is 1.99. The zero-order valence-corrected chi connectivity index (χ0v) is 15.2. The van der Waals surface area contributed by atoms with Crippen LogP contribution in [0.5, 0.6) is 0 Å². The summed E-state index contributed by atoms with van der Waals surface area (Å²) in [5.74, 6) is 0. The molecule has 1 aliphatic heterocycles. The van der Waals surface area contributed by atoms with Crippen LogP contribution >= 0.6 is 0 Å². The summed E-state index contributed by atoms with van der Waals surface area (Å²) in [7, 11) is 0. The van der Waals surface area contributed by atoms with E-state index in [1.807, 2.05) is 45.0 Å². The van der Waals surface area contributed by atoms with Gasteiger partial charge < -0.3 is 9.64 Å². The van der Waals surface area contributed by atoms with E-state index in [1.54, 1.807) is 4.90 Å². The largest absolute Gasteiger partial charge is 0.444 e. The molecular weight excluding hydrogens is 302 g/mol. The third-order valence-electron chi connectivity index (χ3n) is 4.33. The second-order valence-electron chi connectivity index (χ2n) is 7.39. The van der Waals surface area contributed by atoms with Crippen molar-refractivity contribution in [1.82, 2.24) is 9.80 Å². The van der Waals surface area contributed by atoms with Gasteiger partial charge in [-0.05, 0) is 40.2 Å². The van der Waals surface area contributed by atoms with E-state index in [2.05, 4.69) is 23.6 Å². The number of nitrogens with zero attached hydrogens (tertiary/aromatic N) is 3. The van der Waals surface area contributed by atoms with Gasteiger partial charge in [0.05, 0.1) is 6.57 Å². The van der Waals surface area contributed by atoms with Crippen LogP contribution in [-0.4, -0.2) is 47.2 Å². The average molecular weight is 329 g/mol. The van der Waals surface area contributed by atoms with Gasteiger partial charge in [0.25, 0.3) is 0 Å². The Morgan fingerprint density at radius 2 is 1.92 bits per heavy atom. The maximum atomic E-state index is 12.2. The van der Waals surface area contributed by atoms with E-state index in [0.29, 0.717) is 18.8 Å². The van der Waals surface area contributed by atoms with Crippen LogP contribution in [0, 0.1) is 6.57 Å². The smallest absolute Gasteiger partial charge is 0.410 e. The highest BCUT2D eigenvalue weighted by Crippen LogP contribution is 2.27. The molecule has 1 saturated heterocycles. The lowest BCUT2D eigenvalue weighted by atomic mass is 10.0. The minimum atomic E-state index is -0.463. The van der Waals surface area contributed by atoms with Gasteiger partial charge in [0.2, 0.25) is 0 Å². The first-order chi connectivity index (χ1) is 11.2. The van der Waals surface area contributed by atoms with Crippen LogP contribution in [0.25, 0.3) is 4.85 Å². The van der Waals surface area contributed by atoms with Crippen molar-refractivity contribution >= 4 is 11.8 Å². The van der Waals surface area contributed by atoms with E-state index in [0.717, 1.165) is 6.54 Å². The molecule has 130 valence electrons. The van der Waals surface area contributed by atoms with Gasteiger partial charge in [0.15, 0.2) is 5.69 Å². The Bertz CT molecular complexity index is 613. The fourth-order valence-corrected chi connectivity index (χ4v) is 3.06. The lowest BCUT2D eigenvalue weighted by Gasteiger charge is -2.43. The van der Waals surface area contributed by atoms with Crippen molar-refractivity contribution in [2.75, 3.05) is 19.6 Å². The van der Waals surface area contributed by atoms with Crippen molar-refractivity contribution in [2.45, 2.75) is 52.3 Å². The van der Waals surface area contributed by atoms with Gasteiger partial charge in [-0.2, -0.15) is 0 Å². The average Bonchev–Trinajstić information content (AvgIpc) is 2.52. The van der Waals surface area contributed by atoms with Crippen LogP contribution in [-0.2, 0) is 4.74 Å². The van der Waals surface area contributed by atoms with Gasteiger partial charge in [-0.15, -0.1) is 0 Å².